The largest absolute Gasteiger partial charge is 0.488 e. The molecule has 2 rings (SSSR count). The summed E-state index contributed by atoms with van der Waals surface area (Å²) >= 11 is 0. The lowest BCUT2D eigenvalue weighted by molar-refractivity contribution is 0.129. The molecule has 2 atom stereocenters. The molecule has 3 heteroatoms. The highest BCUT2D eigenvalue weighted by Gasteiger charge is 2.24. The van der Waals surface area contributed by atoms with E-state index in [4.69, 9.17) is 10.5 Å². The molecule has 0 saturated heterocycles. The number of pyridine rings is 1. The van der Waals surface area contributed by atoms with Crippen molar-refractivity contribution in [1.82, 2.24) is 4.98 Å². The molecule has 1 aliphatic carbocycles. The zero-order chi connectivity index (χ0) is 11.2. The first-order valence-electron chi connectivity index (χ1n) is 6.17. The van der Waals surface area contributed by atoms with Crippen molar-refractivity contribution in [2.45, 2.75) is 38.2 Å². The van der Waals surface area contributed by atoms with E-state index in [1.807, 2.05) is 12.1 Å². The summed E-state index contributed by atoms with van der Waals surface area (Å²) in [5.41, 5.74) is 5.82. The van der Waals surface area contributed by atoms with Gasteiger partial charge in [-0.15, -0.1) is 0 Å². The highest BCUT2D eigenvalue weighted by atomic mass is 16.5. The maximum Gasteiger partial charge on any atom is 0.138 e. The van der Waals surface area contributed by atoms with E-state index >= 15 is 0 Å². The van der Waals surface area contributed by atoms with Gasteiger partial charge in [-0.25, -0.2) is 0 Å². The van der Waals surface area contributed by atoms with Gasteiger partial charge in [-0.05, 0) is 37.9 Å². The fraction of sp³-hybridized carbons (Fsp3) is 0.615. The first-order chi connectivity index (χ1) is 7.90. The van der Waals surface area contributed by atoms with E-state index in [2.05, 4.69) is 4.98 Å². The Morgan fingerprint density at radius 2 is 2.19 bits per heavy atom. The SMILES string of the molecule is NCC1CCCCCC1Oc1cccnc1. The van der Waals surface area contributed by atoms with E-state index in [0.717, 1.165) is 18.7 Å². The van der Waals surface area contributed by atoms with Crippen molar-refractivity contribution in [3.8, 4) is 5.75 Å². The molecule has 0 bridgehead atoms. The smallest absolute Gasteiger partial charge is 0.138 e. The molecule has 0 aromatic carbocycles. The molecule has 0 aliphatic heterocycles. The van der Waals surface area contributed by atoms with Crippen LogP contribution in [0.4, 0.5) is 0 Å². The number of aromatic nitrogens is 1. The van der Waals surface area contributed by atoms with Crippen LogP contribution < -0.4 is 10.5 Å². The van der Waals surface area contributed by atoms with Crippen LogP contribution in [0.2, 0.25) is 0 Å². The van der Waals surface area contributed by atoms with Crippen molar-refractivity contribution < 1.29 is 4.74 Å². The summed E-state index contributed by atoms with van der Waals surface area (Å²) in [6.45, 7) is 0.727. The van der Waals surface area contributed by atoms with Crippen molar-refractivity contribution in [3.05, 3.63) is 24.5 Å². The number of hydrogen-bond donors (Lipinski definition) is 1. The van der Waals surface area contributed by atoms with Crippen LogP contribution in [-0.4, -0.2) is 17.6 Å². The summed E-state index contributed by atoms with van der Waals surface area (Å²) in [5.74, 6) is 1.37. The summed E-state index contributed by atoms with van der Waals surface area (Å²) in [6.07, 6.45) is 9.98. The maximum absolute atomic E-state index is 6.00. The first-order valence-corrected chi connectivity index (χ1v) is 6.17. The second-order valence-corrected chi connectivity index (χ2v) is 4.48. The van der Waals surface area contributed by atoms with E-state index in [9.17, 15) is 0 Å². The maximum atomic E-state index is 6.00. The first kappa shape index (κ1) is 11.4. The highest BCUT2D eigenvalue weighted by molar-refractivity contribution is 5.16. The topological polar surface area (TPSA) is 48.1 Å². The summed E-state index contributed by atoms with van der Waals surface area (Å²) in [5, 5.41) is 0. The molecule has 0 radical (unpaired) electrons. The lowest BCUT2D eigenvalue weighted by Crippen LogP contribution is -2.31. The second-order valence-electron chi connectivity index (χ2n) is 4.48. The molecule has 1 aliphatic rings. The summed E-state index contributed by atoms with van der Waals surface area (Å²) in [7, 11) is 0. The fourth-order valence-electron chi connectivity index (χ4n) is 2.37. The van der Waals surface area contributed by atoms with E-state index in [-0.39, 0.29) is 6.10 Å². The molecule has 1 heterocycles. The van der Waals surface area contributed by atoms with Gasteiger partial charge >= 0.3 is 0 Å². The molecule has 2 unspecified atom stereocenters. The van der Waals surface area contributed by atoms with Gasteiger partial charge in [0.15, 0.2) is 0 Å². The van der Waals surface area contributed by atoms with Gasteiger partial charge in [-0.1, -0.05) is 12.8 Å². The van der Waals surface area contributed by atoms with Crippen LogP contribution in [-0.2, 0) is 0 Å². The van der Waals surface area contributed by atoms with Crippen molar-refractivity contribution in [3.63, 3.8) is 0 Å². The Bertz CT molecular complexity index is 302. The number of nitrogens with two attached hydrogens (primary N) is 1. The zero-order valence-corrected chi connectivity index (χ0v) is 9.64. The molecule has 1 aromatic heterocycles. The Labute approximate surface area is 97.0 Å². The third kappa shape index (κ3) is 2.95. The standard InChI is InChI=1S/C13H20N2O/c14-9-11-5-2-1-3-7-13(11)16-12-6-4-8-15-10-12/h4,6,8,10-11,13H,1-3,5,7,9,14H2. The molecule has 88 valence electrons. The van der Waals surface area contributed by atoms with Crippen LogP contribution in [0.1, 0.15) is 32.1 Å². The molecule has 2 N–H and O–H groups in total. The van der Waals surface area contributed by atoms with Gasteiger partial charge in [0.1, 0.15) is 11.9 Å². The van der Waals surface area contributed by atoms with Crippen LogP contribution in [0, 0.1) is 5.92 Å². The molecule has 16 heavy (non-hydrogen) atoms. The number of ether oxygens (including phenoxy) is 1. The van der Waals surface area contributed by atoms with Crippen LogP contribution in [0.3, 0.4) is 0 Å². The molecule has 1 aromatic rings. The molecular formula is C13H20N2O. The monoisotopic (exact) mass is 220 g/mol. The van der Waals surface area contributed by atoms with Crippen LogP contribution in [0.25, 0.3) is 0 Å². The average molecular weight is 220 g/mol. The van der Waals surface area contributed by atoms with Gasteiger partial charge in [-0.2, -0.15) is 0 Å². The quantitative estimate of drug-likeness (QED) is 0.795. The van der Waals surface area contributed by atoms with Crippen molar-refractivity contribution in [2.75, 3.05) is 6.54 Å². The minimum absolute atomic E-state index is 0.275. The minimum Gasteiger partial charge on any atom is -0.488 e. The Hall–Kier alpha value is -1.09. The van der Waals surface area contributed by atoms with Crippen LogP contribution >= 0.6 is 0 Å². The predicted molar refractivity (Wildman–Crippen MR) is 64.3 cm³/mol. The number of rotatable bonds is 3. The van der Waals surface area contributed by atoms with Crippen molar-refractivity contribution in [2.24, 2.45) is 11.7 Å². The third-order valence-corrected chi connectivity index (χ3v) is 3.31. The lowest BCUT2D eigenvalue weighted by atomic mass is 9.97. The Kier molecular flexibility index (Phi) is 4.17. The zero-order valence-electron chi connectivity index (χ0n) is 9.64. The fourth-order valence-corrected chi connectivity index (χ4v) is 2.37. The van der Waals surface area contributed by atoms with Gasteiger partial charge in [-0.3, -0.25) is 4.98 Å². The summed E-state index contributed by atoms with van der Waals surface area (Å²) in [4.78, 5) is 4.07. The van der Waals surface area contributed by atoms with E-state index in [1.54, 1.807) is 12.4 Å². The van der Waals surface area contributed by atoms with Gasteiger partial charge in [0.2, 0.25) is 0 Å². The molecular weight excluding hydrogens is 200 g/mol. The lowest BCUT2D eigenvalue weighted by Gasteiger charge is -2.24. The van der Waals surface area contributed by atoms with Crippen molar-refractivity contribution in [1.29, 1.82) is 0 Å². The van der Waals surface area contributed by atoms with E-state index < -0.39 is 0 Å². The second kappa shape index (κ2) is 5.85. The van der Waals surface area contributed by atoms with Crippen LogP contribution in [0.5, 0.6) is 5.75 Å². The third-order valence-electron chi connectivity index (χ3n) is 3.31. The molecule has 1 fully saturated rings. The Morgan fingerprint density at radius 1 is 1.31 bits per heavy atom. The van der Waals surface area contributed by atoms with Gasteiger partial charge in [0.05, 0.1) is 6.20 Å². The summed E-state index contributed by atoms with van der Waals surface area (Å²) < 4.78 is 6.00. The van der Waals surface area contributed by atoms with E-state index in [1.165, 1.54) is 25.7 Å². The molecule has 0 spiro atoms. The predicted octanol–water partition coefficient (Wildman–Crippen LogP) is 2.37. The van der Waals surface area contributed by atoms with Gasteiger partial charge in [0.25, 0.3) is 0 Å². The molecule has 0 amide bonds. The average Bonchev–Trinajstić information content (AvgIpc) is 2.55. The molecule has 1 saturated carbocycles. The normalized spacial score (nSPS) is 26.1. The Balaban J connectivity index is 2.00. The van der Waals surface area contributed by atoms with Crippen molar-refractivity contribution >= 4 is 0 Å². The highest BCUT2D eigenvalue weighted by Crippen LogP contribution is 2.26. The van der Waals surface area contributed by atoms with E-state index in [0.29, 0.717) is 5.92 Å². The summed E-state index contributed by atoms with van der Waals surface area (Å²) in [6, 6.07) is 3.87. The van der Waals surface area contributed by atoms with Gasteiger partial charge < -0.3 is 10.5 Å². The molecule has 3 nitrogen and oxygen atoms in total. The van der Waals surface area contributed by atoms with Crippen LogP contribution in [0.15, 0.2) is 24.5 Å². The number of hydrogen-bond acceptors (Lipinski definition) is 3. The minimum atomic E-state index is 0.275. The van der Waals surface area contributed by atoms with Gasteiger partial charge in [0, 0.05) is 12.1 Å². The number of nitrogens with zero attached hydrogens (tertiary/aromatic N) is 1. The Morgan fingerprint density at radius 3 is 2.94 bits per heavy atom.